The van der Waals surface area contributed by atoms with E-state index < -0.39 is 5.25 Å². The monoisotopic (exact) mass is 446 g/mol. The first-order valence-electron chi connectivity index (χ1n) is 8.87. The minimum atomic E-state index is -0.603. The lowest BCUT2D eigenvalue weighted by atomic mass is 10.2. The van der Waals surface area contributed by atoms with E-state index in [4.69, 9.17) is 16.3 Å². The molecule has 0 radical (unpaired) electrons. The number of carbonyl (C=O) groups is 2. The summed E-state index contributed by atoms with van der Waals surface area (Å²) < 4.78 is 5.03. The van der Waals surface area contributed by atoms with Crippen LogP contribution in [0.5, 0.6) is 11.5 Å². The minimum Gasteiger partial charge on any atom is -0.504 e. The third kappa shape index (κ3) is 5.52. The third-order valence-electron chi connectivity index (χ3n) is 4.16. The number of phenols is 1. The van der Waals surface area contributed by atoms with Crippen LogP contribution in [0.1, 0.15) is 17.5 Å². The SMILES string of the molecule is COc1cc(/C=N/N=C2\NC(=O)C(CC(=O)Nc3ccc(C)c(Cl)c3)S2)ccc1O. The van der Waals surface area contributed by atoms with Crippen molar-refractivity contribution in [3.05, 3.63) is 52.5 Å². The van der Waals surface area contributed by atoms with Crippen molar-refractivity contribution in [2.45, 2.75) is 18.6 Å². The molecule has 0 bridgehead atoms. The van der Waals surface area contributed by atoms with E-state index in [1.165, 1.54) is 19.4 Å². The van der Waals surface area contributed by atoms with Crippen LogP contribution in [0.3, 0.4) is 0 Å². The van der Waals surface area contributed by atoms with Gasteiger partial charge in [-0.05, 0) is 48.4 Å². The van der Waals surface area contributed by atoms with Gasteiger partial charge in [-0.25, -0.2) is 0 Å². The second kappa shape index (κ2) is 9.64. The topological polar surface area (TPSA) is 112 Å². The molecule has 2 aromatic carbocycles. The molecular formula is C20H19ClN4O4S. The van der Waals surface area contributed by atoms with Gasteiger partial charge in [0.15, 0.2) is 16.7 Å². The zero-order chi connectivity index (χ0) is 21.7. The number of hydrogen-bond donors (Lipinski definition) is 3. The largest absolute Gasteiger partial charge is 0.504 e. The highest BCUT2D eigenvalue weighted by molar-refractivity contribution is 8.15. The van der Waals surface area contributed by atoms with E-state index in [2.05, 4.69) is 20.8 Å². The van der Waals surface area contributed by atoms with Crippen molar-refractivity contribution in [2.75, 3.05) is 12.4 Å². The van der Waals surface area contributed by atoms with Gasteiger partial charge in [0.2, 0.25) is 11.8 Å². The molecule has 10 heteroatoms. The molecule has 0 aliphatic carbocycles. The third-order valence-corrected chi connectivity index (χ3v) is 5.64. The van der Waals surface area contributed by atoms with Gasteiger partial charge in [0.1, 0.15) is 5.25 Å². The van der Waals surface area contributed by atoms with Crippen LogP contribution >= 0.6 is 23.4 Å². The average molecular weight is 447 g/mol. The number of nitrogens with one attached hydrogen (secondary N) is 2. The summed E-state index contributed by atoms with van der Waals surface area (Å²) in [7, 11) is 1.45. The molecule has 1 atom stereocenters. The molecule has 1 aliphatic heterocycles. The molecule has 1 aliphatic rings. The van der Waals surface area contributed by atoms with Crippen LogP contribution < -0.4 is 15.4 Å². The van der Waals surface area contributed by atoms with Crippen molar-refractivity contribution >= 4 is 52.2 Å². The van der Waals surface area contributed by atoms with E-state index >= 15 is 0 Å². The Labute approximate surface area is 182 Å². The van der Waals surface area contributed by atoms with Gasteiger partial charge in [-0.15, -0.1) is 5.10 Å². The first kappa shape index (κ1) is 21.7. The van der Waals surface area contributed by atoms with Gasteiger partial charge >= 0.3 is 0 Å². The lowest BCUT2D eigenvalue weighted by molar-refractivity contribution is -0.122. The number of rotatable bonds is 6. The number of amides is 2. The smallest absolute Gasteiger partial charge is 0.240 e. The summed E-state index contributed by atoms with van der Waals surface area (Å²) in [5.74, 6) is -0.273. The van der Waals surface area contributed by atoms with Crippen molar-refractivity contribution < 1.29 is 19.4 Å². The van der Waals surface area contributed by atoms with Gasteiger partial charge < -0.3 is 20.5 Å². The molecule has 0 spiro atoms. The molecule has 3 N–H and O–H groups in total. The number of benzene rings is 2. The van der Waals surface area contributed by atoms with Gasteiger partial charge in [-0.2, -0.15) is 5.10 Å². The Morgan fingerprint density at radius 3 is 2.90 bits per heavy atom. The highest BCUT2D eigenvalue weighted by atomic mass is 35.5. The van der Waals surface area contributed by atoms with Gasteiger partial charge in [-0.3, -0.25) is 9.59 Å². The lowest BCUT2D eigenvalue weighted by Gasteiger charge is -2.08. The van der Waals surface area contributed by atoms with Crippen LogP contribution in [0.2, 0.25) is 5.02 Å². The van der Waals surface area contributed by atoms with Crippen LogP contribution in [0, 0.1) is 6.92 Å². The number of anilines is 1. The first-order valence-corrected chi connectivity index (χ1v) is 10.1. The molecule has 30 heavy (non-hydrogen) atoms. The summed E-state index contributed by atoms with van der Waals surface area (Å²) in [6.07, 6.45) is 1.45. The number of aromatic hydroxyl groups is 1. The normalized spacial score (nSPS) is 17.4. The van der Waals surface area contributed by atoms with E-state index in [0.717, 1.165) is 17.3 Å². The van der Waals surface area contributed by atoms with Gasteiger partial charge in [-0.1, -0.05) is 29.4 Å². The summed E-state index contributed by atoms with van der Waals surface area (Å²) in [5.41, 5.74) is 2.14. The first-order chi connectivity index (χ1) is 14.4. The number of hydrogen-bond acceptors (Lipinski definition) is 7. The predicted octanol–water partition coefficient (Wildman–Crippen LogP) is 3.31. The molecule has 8 nitrogen and oxygen atoms in total. The summed E-state index contributed by atoms with van der Waals surface area (Å²) in [5, 5.41) is 23.1. The minimum absolute atomic E-state index is 0.0140. The van der Waals surface area contributed by atoms with Crippen molar-refractivity contribution in [3.63, 3.8) is 0 Å². The Morgan fingerprint density at radius 1 is 1.37 bits per heavy atom. The van der Waals surface area contributed by atoms with Crippen LogP contribution in [-0.4, -0.2) is 40.7 Å². The number of ether oxygens (including phenoxy) is 1. The predicted molar refractivity (Wildman–Crippen MR) is 119 cm³/mol. The van der Waals surface area contributed by atoms with E-state index in [1.807, 2.05) is 6.92 Å². The summed E-state index contributed by atoms with van der Waals surface area (Å²) in [6, 6.07) is 9.95. The molecule has 1 fully saturated rings. The Kier molecular flexibility index (Phi) is 6.96. The Morgan fingerprint density at radius 2 is 2.17 bits per heavy atom. The van der Waals surface area contributed by atoms with E-state index in [0.29, 0.717) is 27.2 Å². The van der Waals surface area contributed by atoms with Gasteiger partial charge in [0.25, 0.3) is 0 Å². The van der Waals surface area contributed by atoms with E-state index in [9.17, 15) is 14.7 Å². The fourth-order valence-electron chi connectivity index (χ4n) is 2.56. The second-order valence-electron chi connectivity index (χ2n) is 6.39. The quantitative estimate of drug-likeness (QED) is 0.465. The molecule has 2 aromatic rings. The summed E-state index contributed by atoms with van der Waals surface area (Å²) in [4.78, 5) is 24.4. The number of methoxy groups -OCH3 is 1. The molecule has 0 saturated carbocycles. The highest BCUT2D eigenvalue weighted by Crippen LogP contribution is 2.26. The highest BCUT2D eigenvalue weighted by Gasteiger charge is 2.32. The molecule has 3 rings (SSSR count). The van der Waals surface area contributed by atoms with Gasteiger partial charge in [0, 0.05) is 17.1 Å². The summed E-state index contributed by atoms with van der Waals surface area (Å²) in [6.45, 7) is 1.87. The number of aryl methyl sites for hydroxylation is 1. The van der Waals surface area contributed by atoms with Crippen LogP contribution in [-0.2, 0) is 9.59 Å². The molecular weight excluding hydrogens is 428 g/mol. The Bertz CT molecular complexity index is 1040. The maximum atomic E-state index is 12.3. The number of thioether (sulfide) groups is 1. The summed E-state index contributed by atoms with van der Waals surface area (Å²) >= 11 is 7.19. The van der Waals surface area contributed by atoms with Crippen molar-refractivity contribution in [1.82, 2.24) is 5.32 Å². The number of halogens is 1. The van der Waals surface area contributed by atoms with Crippen molar-refractivity contribution in [1.29, 1.82) is 0 Å². The molecule has 156 valence electrons. The molecule has 1 heterocycles. The molecule has 0 aromatic heterocycles. The van der Waals surface area contributed by atoms with Crippen LogP contribution in [0.4, 0.5) is 5.69 Å². The van der Waals surface area contributed by atoms with Crippen molar-refractivity contribution in [3.8, 4) is 11.5 Å². The number of phenolic OH excluding ortho intramolecular Hbond substituents is 1. The fraction of sp³-hybridized carbons (Fsp3) is 0.200. The molecule has 1 saturated heterocycles. The van der Waals surface area contributed by atoms with Crippen LogP contribution in [0.15, 0.2) is 46.6 Å². The standard InChI is InChI=1S/C20H19ClN4O4S/c1-11-3-5-13(8-14(11)21)23-18(27)9-17-19(28)24-20(30-17)25-22-10-12-4-6-15(26)16(7-12)29-2/h3-8,10,17,26H,9H2,1-2H3,(H,23,27)(H,24,25,28)/b22-10+. The maximum absolute atomic E-state index is 12.3. The van der Waals surface area contributed by atoms with E-state index in [1.54, 1.807) is 30.3 Å². The zero-order valence-electron chi connectivity index (χ0n) is 16.2. The second-order valence-corrected chi connectivity index (χ2v) is 7.99. The Balaban J connectivity index is 1.57. The number of carbonyl (C=O) groups excluding carboxylic acids is 2. The van der Waals surface area contributed by atoms with E-state index in [-0.39, 0.29) is 24.0 Å². The average Bonchev–Trinajstić information content (AvgIpc) is 3.05. The van der Waals surface area contributed by atoms with Crippen LogP contribution in [0.25, 0.3) is 0 Å². The van der Waals surface area contributed by atoms with Gasteiger partial charge in [0.05, 0.1) is 13.3 Å². The molecule has 1 unspecified atom stereocenters. The lowest BCUT2D eigenvalue weighted by Crippen LogP contribution is -2.28. The number of nitrogens with zero attached hydrogens (tertiary/aromatic N) is 2. The fourth-order valence-corrected chi connectivity index (χ4v) is 3.66. The maximum Gasteiger partial charge on any atom is 0.240 e. The number of amidine groups is 1. The van der Waals surface area contributed by atoms with Crippen molar-refractivity contribution in [2.24, 2.45) is 10.2 Å². The zero-order valence-corrected chi connectivity index (χ0v) is 17.8. The Hall–Kier alpha value is -3.04. The molecule has 2 amide bonds.